The van der Waals surface area contributed by atoms with Crippen molar-refractivity contribution in [3.05, 3.63) is 47.5 Å². The van der Waals surface area contributed by atoms with E-state index in [1.807, 2.05) is 30.3 Å². The molecule has 2 rings (SSSR count). The molecule has 1 heterocycles. The number of rotatable bonds is 7. The van der Waals surface area contributed by atoms with Crippen LogP contribution in [0.15, 0.2) is 42.0 Å². The molecule has 1 aliphatic rings. The molecule has 3 N–H and O–H groups in total. The first-order valence-electron chi connectivity index (χ1n) is 7.70. The Bertz CT molecular complexity index is 532. The van der Waals surface area contributed by atoms with Gasteiger partial charge in [-0.15, -0.1) is 12.4 Å². The van der Waals surface area contributed by atoms with E-state index in [9.17, 15) is 9.59 Å². The molecule has 0 bridgehead atoms. The molecule has 1 aliphatic heterocycles. The van der Waals surface area contributed by atoms with Crippen LogP contribution in [0.3, 0.4) is 0 Å². The smallest absolute Gasteiger partial charge is 0.224 e. The van der Waals surface area contributed by atoms with Gasteiger partial charge in [0, 0.05) is 26.1 Å². The molecular weight excluding hydrogens is 314 g/mol. The van der Waals surface area contributed by atoms with Crippen LogP contribution in [0.25, 0.3) is 0 Å². The van der Waals surface area contributed by atoms with Gasteiger partial charge in [0.1, 0.15) is 0 Å². The number of hydrogen-bond donors (Lipinski definition) is 3. The molecular formula is C17H24ClN3O2. The molecule has 0 unspecified atom stereocenters. The summed E-state index contributed by atoms with van der Waals surface area (Å²) < 4.78 is 0. The average molecular weight is 338 g/mol. The van der Waals surface area contributed by atoms with E-state index in [-0.39, 0.29) is 24.2 Å². The van der Waals surface area contributed by atoms with Gasteiger partial charge in [0.25, 0.3) is 0 Å². The SMILES string of the molecule is Cl.O=C(CCNC(=O)Cc1ccccc1)NCC1=CCNCC1. The molecule has 126 valence electrons. The zero-order valence-electron chi connectivity index (χ0n) is 13.1. The highest BCUT2D eigenvalue weighted by Crippen LogP contribution is 2.02. The standard InChI is InChI=1S/C17H23N3O2.ClH/c21-16(20-13-15-6-9-18-10-7-15)8-11-19-17(22)12-14-4-2-1-3-5-14;/h1-6,18H,7-13H2,(H,19,22)(H,20,21);1H. The molecule has 6 heteroatoms. The van der Waals surface area contributed by atoms with Gasteiger partial charge in [0.05, 0.1) is 6.42 Å². The van der Waals surface area contributed by atoms with Gasteiger partial charge >= 0.3 is 0 Å². The lowest BCUT2D eigenvalue weighted by Crippen LogP contribution is -2.33. The van der Waals surface area contributed by atoms with Crippen LogP contribution >= 0.6 is 12.4 Å². The largest absolute Gasteiger partial charge is 0.355 e. The molecule has 0 fully saturated rings. The van der Waals surface area contributed by atoms with Crippen molar-refractivity contribution in [3.63, 3.8) is 0 Å². The van der Waals surface area contributed by atoms with Crippen molar-refractivity contribution in [2.24, 2.45) is 0 Å². The van der Waals surface area contributed by atoms with Crippen molar-refractivity contribution in [3.8, 4) is 0 Å². The van der Waals surface area contributed by atoms with Crippen molar-refractivity contribution in [1.82, 2.24) is 16.0 Å². The molecule has 0 spiro atoms. The number of halogens is 1. The predicted molar refractivity (Wildman–Crippen MR) is 93.6 cm³/mol. The van der Waals surface area contributed by atoms with E-state index >= 15 is 0 Å². The monoisotopic (exact) mass is 337 g/mol. The minimum absolute atomic E-state index is 0. The zero-order valence-corrected chi connectivity index (χ0v) is 14.0. The van der Waals surface area contributed by atoms with E-state index in [0.717, 1.165) is 25.1 Å². The molecule has 0 radical (unpaired) electrons. The number of carbonyl (C=O) groups excluding carboxylic acids is 2. The summed E-state index contributed by atoms with van der Waals surface area (Å²) in [5, 5.41) is 8.90. The zero-order chi connectivity index (χ0) is 15.6. The number of benzene rings is 1. The van der Waals surface area contributed by atoms with Gasteiger partial charge in [0.2, 0.25) is 11.8 Å². The summed E-state index contributed by atoms with van der Waals surface area (Å²) in [6.45, 7) is 2.83. The lowest BCUT2D eigenvalue weighted by molar-refractivity contribution is -0.121. The van der Waals surface area contributed by atoms with Crippen molar-refractivity contribution >= 4 is 24.2 Å². The summed E-state index contributed by atoms with van der Waals surface area (Å²) in [6, 6.07) is 9.57. The Labute approximate surface area is 143 Å². The minimum atomic E-state index is -0.0555. The topological polar surface area (TPSA) is 70.2 Å². The van der Waals surface area contributed by atoms with Crippen LogP contribution in [0.4, 0.5) is 0 Å². The van der Waals surface area contributed by atoms with E-state index in [0.29, 0.717) is 25.9 Å². The molecule has 5 nitrogen and oxygen atoms in total. The van der Waals surface area contributed by atoms with Gasteiger partial charge in [-0.05, 0) is 18.5 Å². The maximum absolute atomic E-state index is 11.7. The number of carbonyl (C=O) groups is 2. The number of nitrogens with one attached hydrogen (secondary N) is 3. The normalized spacial score (nSPS) is 13.5. The maximum Gasteiger partial charge on any atom is 0.224 e. The fourth-order valence-electron chi connectivity index (χ4n) is 2.29. The first-order chi connectivity index (χ1) is 10.7. The summed E-state index contributed by atoms with van der Waals surface area (Å²) in [5.74, 6) is -0.0838. The van der Waals surface area contributed by atoms with Gasteiger partial charge in [-0.25, -0.2) is 0 Å². The number of amides is 2. The molecule has 0 saturated carbocycles. The molecule has 0 aliphatic carbocycles. The Kier molecular flexibility index (Phi) is 9.02. The molecule has 0 saturated heterocycles. The third-order valence-electron chi connectivity index (χ3n) is 3.55. The van der Waals surface area contributed by atoms with Gasteiger partial charge in [-0.2, -0.15) is 0 Å². The quantitative estimate of drug-likeness (QED) is 0.655. The second kappa shape index (κ2) is 10.8. The van der Waals surface area contributed by atoms with Crippen LogP contribution in [0.2, 0.25) is 0 Å². The van der Waals surface area contributed by atoms with E-state index in [1.165, 1.54) is 5.57 Å². The fraction of sp³-hybridized carbons (Fsp3) is 0.412. The molecule has 0 atom stereocenters. The Morgan fingerprint density at radius 3 is 2.57 bits per heavy atom. The average Bonchev–Trinajstić information content (AvgIpc) is 2.55. The third kappa shape index (κ3) is 7.81. The van der Waals surface area contributed by atoms with Crippen LogP contribution < -0.4 is 16.0 Å². The van der Waals surface area contributed by atoms with Crippen LogP contribution in [0, 0.1) is 0 Å². The molecule has 1 aromatic rings. The second-order valence-corrected chi connectivity index (χ2v) is 5.36. The highest BCUT2D eigenvalue weighted by molar-refractivity contribution is 5.85. The highest BCUT2D eigenvalue weighted by Gasteiger charge is 2.07. The van der Waals surface area contributed by atoms with Crippen LogP contribution in [-0.4, -0.2) is 38.0 Å². The summed E-state index contributed by atoms with van der Waals surface area (Å²) >= 11 is 0. The molecule has 23 heavy (non-hydrogen) atoms. The molecule has 1 aromatic carbocycles. The van der Waals surface area contributed by atoms with Crippen molar-refractivity contribution in [1.29, 1.82) is 0 Å². The predicted octanol–water partition coefficient (Wildman–Crippen LogP) is 1.19. The third-order valence-corrected chi connectivity index (χ3v) is 3.55. The van der Waals surface area contributed by atoms with E-state index in [2.05, 4.69) is 22.0 Å². The van der Waals surface area contributed by atoms with Crippen LogP contribution in [0.5, 0.6) is 0 Å². The maximum atomic E-state index is 11.7. The lowest BCUT2D eigenvalue weighted by atomic mass is 10.1. The van der Waals surface area contributed by atoms with Crippen molar-refractivity contribution in [2.45, 2.75) is 19.3 Å². The number of hydrogen-bond acceptors (Lipinski definition) is 3. The lowest BCUT2D eigenvalue weighted by Gasteiger charge is -2.14. The second-order valence-electron chi connectivity index (χ2n) is 5.36. The Morgan fingerprint density at radius 1 is 1.09 bits per heavy atom. The van der Waals surface area contributed by atoms with Gasteiger partial charge in [-0.1, -0.05) is 42.0 Å². The van der Waals surface area contributed by atoms with Crippen molar-refractivity contribution in [2.75, 3.05) is 26.2 Å². The van der Waals surface area contributed by atoms with Gasteiger partial charge < -0.3 is 16.0 Å². The molecule has 2 amide bonds. The van der Waals surface area contributed by atoms with E-state index in [1.54, 1.807) is 0 Å². The van der Waals surface area contributed by atoms with Crippen LogP contribution in [-0.2, 0) is 16.0 Å². The Hall–Kier alpha value is -1.85. The van der Waals surface area contributed by atoms with Crippen molar-refractivity contribution < 1.29 is 9.59 Å². The minimum Gasteiger partial charge on any atom is -0.355 e. The van der Waals surface area contributed by atoms with Crippen LogP contribution in [0.1, 0.15) is 18.4 Å². The Morgan fingerprint density at radius 2 is 1.87 bits per heavy atom. The van der Waals surface area contributed by atoms with Gasteiger partial charge in [0.15, 0.2) is 0 Å². The fourth-order valence-corrected chi connectivity index (χ4v) is 2.29. The summed E-state index contributed by atoms with van der Waals surface area (Å²) in [5.41, 5.74) is 2.24. The highest BCUT2D eigenvalue weighted by atomic mass is 35.5. The van der Waals surface area contributed by atoms with E-state index < -0.39 is 0 Å². The first-order valence-corrected chi connectivity index (χ1v) is 7.70. The summed E-state index contributed by atoms with van der Waals surface area (Å²) in [7, 11) is 0. The Balaban J connectivity index is 0.00000264. The summed E-state index contributed by atoms with van der Waals surface area (Å²) in [6.07, 6.45) is 3.76. The summed E-state index contributed by atoms with van der Waals surface area (Å²) in [4.78, 5) is 23.5. The molecule has 0 aromatic heterocycles. The first kappa shape index (κ1) is 19.2. The van der Waals surface area contributed by atoms with E-state index in [4.69, 9.17) is 0 Å². The van der Waals surface area contributed by atoms with Gasteiger partial charge in [-0.3, -0.25) is 9.59 Å².